The number of carbonyl (C=O) groups excluding carboxylic acids is 2. The highest BCUT2D eigenvalue weighted by molar-refractivity contribution is 5.92. The quantitative estimate of drug-likeness (QED) is 0.241. The van der Waals surface area contributed by atoms with Crippen molar-refractivity contribution < 1.29 is 34.0 Å². The molecule has 2 saturated heterocycles. The van der Waals surface area contributed by atoms with E-state index in [1.807, 2.05) is 66.7 Å². The molecule has 2 aliphatic heterocycles. The van der Waals surface area contributed by atoms with Crippen LogP contribution in [0.1, 0.15) is 53.9 Å². The first-order chi connectivity index (χ1) is 21.4. The molecule has 0 aromatic heterocycles. The minimum Gasteiger partial charge on any atom is -0.467 e. The molecular formula is C34H41N3O7. The Labute approximate surface area is 257 Å². The van der Waals surface area contributed by atoms with Crippen LogP contribution in [-0.4, -0.2) is 72.1 Å². The number of hydrogen-bond donors (Lipinski definition) is 4. The van der Waals surface area contributed by atoms with Crippen LogP contribution in [0, 0.1) is 0 Å². The average Bonchev–Trinajstić information content (AvgIpc) is 3.51. The smallest absolute Gasteiger partial charge is 0.328 e. The van der Waals surface area contributed by atoms with Crippen molar-refractivity contribution >= 4 is 17.7 Å². The van der Waals surface area contributed by atoms with Crippen LogP contribution < -0.4 is 10.6 Å². The predicted octanol–water partition coefficient (Wildman–Crippen LogP) is 4.09. The Hall–Kier alpha value is -3.80. The summed E-state index contributed by atoms with van der Waals surface area (Å²) in [6.45, 7) is 1.73. The first kappa shape index (κ1) is 31.6. The van der Waals surface area contributed by atoms with Gasteiger partial charge in [-0.1, -0.05) is 66.7 Å². The first-order valence-corrected chi connectivity index (χ1v) is 15.1. The van der Waals surface area contributed by atoms with Gasteiger partial charge in [-0.05, 0) is 48.2 Å². The summed E-state index contributed by atoms with van der Waals surface area (Å²) in [7, 11) is 1.30. The molecule has 0 aliphatic carbocycles. The van der Waals surface area contributed by atoms with Gasteiger partial charge in [0.15, 0.2) is 6.29 Å². The summed E-state index contributed by atoms with van der Waals surface area (Å²) in [5.41, 5.74) is 4.08. The fourth-order valence-corrected chi connectivity index (χ4v) is 5.87. The maximum Gasteiger partial charge on any atom is 0.328 e. The first-order valence-electron chi connectivity index (χ1n) is 15.1. The van der Waals surface area contributed by atoms with Crippen LogP contribution in [0.5, 0.6) is 0 Å². The van der Waals surface area contributed by atoms with Crippen molar-refractivity contribution in [2.24, 2.45) is 0 Å². The molecule has 5 rings (SSSR count). The number of aliphatic hydroxyl groups excluding tert-OH is 2. The molecule has 5 atom stereocenters. The van der Waals surface area contributed by atoms with Crippen LogP contribution in [0.4, 0.5) is 10.5 Å². The number of carbonyl (C=O) groups is 2. The van der Waals surface area contributed by atoms with Gasteiger partial charge in [0, 0.05) is 36.7 Å². The van der Waals surface area contributed by atoms with Gasteiger partial charge in [0.2, 0.25) is 0 Å². The number of amides is 2. The summed E-state index contributed by atoms with van der Waals surface area (Å²) >= 11 is 0. The molecule has 10 heteroatoms. The number of esters is 1. The molecule has 4 N–H and O–H groups in total. The second kappa shape index (κ2) is 15.3. The van der Waals surface area contributed by atoms with Gasteiger partial charge in [-0.25, -0.2) is 9.59 Å². The lowest BCUT2D eigenvalue weighted by Crippen LogP contribution is -2.45. The standard InChI is InChI=1S/C34H41N3O7/c1-42-32(40)30(18-23-6-3-2-4-7-23)36-34(41)35-27-15-13-26(14-16-27)33-43-29(20-37-17-5-8-28(37)22-39)19-31(44-33)25-11-9-24(21-38)10-12-25/h2-4,6-7,9-16,28-31,33,38-39H,5,8,17-22H2,1H3,(H2,35,36,41). The zero-order chi connectivity index (χ0) is 30.9. The Morgan fingerprint density at radius 2 is 1.68 bits per heavy atom. The van der Waals surface area contributed by atoms with Gasteiger partial charge >= 0.3 is 12.0 Å². The Balaban J connectivity index is 1.26. The SMILES string of the molecule is COC(=O)C(Cc1ccccc1)NC(=O)Nc1ccc(C2OC(CN3CCCC3CO)CC(c3ccc(CO)cc3)O2)cc1. The van der Waals surface area contributed by atoms with Crippen LogP contribution >= 0.6 is 0 Å². The van der Waals surface area contributed by atoms with E-state index in [2.05, 4.69) is 15.5 Å². The highest BCUT2D eigenvalue weighted by Gasteiger charge is 2.35. The molecule has 0 spiro atoms. The summed E-state index contributed by atoms with van der Waals surface area (Å²) in [5, 5.41) is 24.8. The lowest BCUT2D eigenvalue weighted by atomic mass is 9.99. The van der Waals surface area contributed by atoms with Crippen molar-refractivity contribution in [2.45, 2.75) is 62.9 Å². The van der Waals surface area contributed by atoms with E-state index in [1.165, 1.54) is 7.11 Å². The van der Waals surface area contributed by atoms with Crippen LogP contribution in [0.15, 0.2) is 78.9 Å². The molecular weight excluding hydrogens is 562 g/mol. The molecule has 2 amide bonds. The summed E-state index contributed by atoms with van der Waals surface area (Å²) in [6, 6.07) is 23.2. The number of anilines is 1. The van der Waals surface area contributed by atoms with Gasteiger partial charge < -0.3 is 35.1 Å². The third-order valence-electron chi connectivity index (χ3n) is 8.28. The van der Waals surface area contributed by atoms with Crippen molar-refractivity contribution in [1.82, 2.24) is 10.2 Å². The molecule has 3 aromatic rings. The van der Waals surface area contributed by atoms with E-state index in [0.29, 0.717) is 25.1 Å². The molecule has 5 unspecified atom stereocenters. The maximum absolute atomic E-state index is 12.8. The lowest BCUT2D eigenvalue weighted by molar-refractivity contribution is -0.253. The van der Waals surface area contributed by atoms with E-state index < -0.39 is 24.3 Å². The third kappa shape index (κ3) is 8.22. The predicted molar refractivity (Wildman–Crippen MR) is 165 cm³/mol. The van der Waals surface area contributed by atoms with Crippen molar-refractivity contribution in [3.63, 3.8) is 0 Å². The Morgan fingerprint density at radius 1 is 0.955 bits per heavy atom. The number of rotatable bonds is 11. The molecule has 2 fully saturated rings. The van der Waals surface area contributed by atoms with E-state index in [4.69, 9.17) is 14.2 Å². The zero-order valence-corrected chi connectivity index (χ0v) is 24.9. The number of urea groups is 1. The number of ether oxygens (including phenoxy) is 3. The number of aliphatic hydroxyl groups is 2. The lowest BCUT2D eigenvalue weighted by Gasteiger charge is -2.38. The Bertz CT molecular complexity index is 1350. The van der Waals surface area contributed by atoms with Crippen molar-refractivity contribution in [3.05, 3.63) is 101 Å². The molecule has 234 valence electrons. The molecule has 0 saturated carbocycles. The van der Waals surface area contributed by atoms with Gasteiger partial charge in [-0.2, -0.15) is 0 Å². The van der Waals surface area contributed by atoms with E-state index >= 15 is 0 Å². The number of nitrogens with zero attached hydrogens (tertiary/aromatic N) is 1. The van der Waals surface area contributed by atoms with Gasteiger partial charge in [0.05, 0.1) is 32.5 Å². The second-order valence-corrected chi connectivity index (χ2v) is 11.3. The largest absolute Gasteiger partial charge is 0.467 e. The number of likely N-dealkylation sites (tertiary alicyclic amines) is 1. The molecule has 2 heterocycles. The molecule has 2 aliphatic rings. The van der Waals surface area contributed by atoms with Crippen LogP contribution in [-0.2, 0) is 32.0 Å². The summed E-state index contributed by atoms with van der Waals surface area (Å²) in [5.74, 6) is -0.528. The minimum atomic E-state index is -0.841. The molecule has 0 bridgehead atoms. The Kier molecular flexibility index (Phi) is 11.0. The number of methoxy groups -OCH3 is 1. The summed E-state index contributed by atoms with van der Waals surface area (Å²) < 4.78 is 17.8. The highest BCUT2D eigenvalue weighted by Crippen LogP contribution is 2.39. The van der Waals surface area contributed by atoms with Crippen molar-refractivity contribution in [3.8, 4) is 0 Å². The fraction of sp³-hybridized carbons (Fsp3) is 0.412. The van der Waals surface area contributed by atoms with Crippen LogP contribution in [0.25, 0.3) is 0 Å². The van der Waals surface area contributed by atoms with E-state index in [0.717, 1.165) is 41.6 Å². The van der Waals surface area contributed by atoms with Crippen LogP contribution in [0.2, 0.25) is 0 Å². The maximum atomic E-state index is 12.8. The number of hydrogen-bond acceptors (Lipinski definition) is 8. The molecule has 3 aromatic carbocycles. The van der Waals surface area contributed by atoms with Crippen LogP contribution in [0.3, 0.4) is 0 Å². The van der Waals surface area contributed by atoms with Crippen molar-refractivity contribution in [2.75, 3.05) is 32.1 Å². The van der Waals surface area contributed by atoms with Gasteiger partial charge in [0.1, 0.15) is 6.04 Å². The monoisotopic (exact) mass is 603 g/mol. The summed E-state index contributed by atoms with van der Waals surface area (Å²) in [4.78, 5) is 27.4. The van der Waals surface area contributed by atoms with E-state index in [9.17, 15) is 19.8 Å². The van der Waals surface area contributed by atoms with E-state index in [-0.39, 0.29) is 31.5 Å². The minimum absolute atomic E-state index is 0.0214. The molecule has 10 nitrogen and oxygen atoms in total. The molecule has 0 radical (unpaired) electrons. The van der Waals surface area contributed by atoms with Gasteiger partial charge in [-0.3, -0.25) is 4.90 Å². The zero-order valence-electron chi connectivity index (χ0n) is 24.9. The number of nitrogens with one attached hydrogen (secondary N) is 2. The molecule has 44 heavy (non-hydrogen) atoms. The van der Waals surface area contributed by atoms with E-state index in [1.54, 1.807) is 12.1 Å². The summed E-state index contributed by atoms with van der Waals surface area (Å²) in [6.07, 6.45) is 2.02. The average molecular weight is 604 g/mol. The van der Waals surface area contributed by atoms with Gasteiger partial charge in [-0.15, -0.1) is 0 Å². The Morgan fingerprint density at radius 3 is 2.36 bits per heavy atom. The normalized spacial score (nSPS) is 22.7. The highest BCUT2D eigenvalue weighted by atomic mass is 16.7. The third-order valence-corrected chi connectivity index (χ3v) is 8.28. The van der Waals surface area contributed by atoms with Crippen molar-refractivity contribution in [1.29, 1.82) is 0 Å². The fourth-order valence-electron chi connectivity index (χ4n) is 5.87. The number of benzene rings is 3. The second-order valence-electron chi connectivity index (χ2n) is 11.3. The topological polar surface area (TPSA) is 130 Å². The van der Waals surface area contributed by atoms with Gasteiger partial charge in [0.25, 0.3) is 0 Å².